The molecule has 0 aliphatic rings. The van der Waals surface area contributed by atoms with E-state index in [-0.39, 0.29) is 6.54 Å². The quantitative estimate of drug-likeness (QED) is 0.619. The Kier molecular flexibility index (Phi) is 3.09. The summed E-state index contributed by atoms with van der Waals surface area (Å²) in [6.45, 7) is -0.289. The number of anilines is 1. The van der Waals surface area contributed by atoms with Crippen LogP contribution in [0, 0.1) is 0 Å². The normalized spacial score (nSPS) is 10.2. The van der Waals surface area contributed by atoms with Crippen molar-refractivity contribution in [3.8, 4) is 11.3 Å². The fourth-order valence-electron chi connectivity index (χ4n) is 1.65. The van der Waals surface area contributed by atoms with E-state index in [1.165, 1.54) is 10.9 Å². The van der Waals surface area contributed by atoms with Gasteiger partial charge in [-0.15, -0.1) is 0 Å². The van der Waals surface area contributed by atoms with Crippen LogP contribution in [0.2, 0.25) is 0 Å². The zero-order chi connectivity index (χ0) is 13.1. The second-order valence-corrected chi connectivity index (χ2v) is 3.77. The minimum Gasteiger partial charge on any atom is -0.480 e. The summed E-state index contributed by atoms with van der Waals surface area (Å²) in [6, 6.07) is 6.91. The van der Waals surface area contributed by atoms with Crippen LogP contribution in [0.1, 0.15) is 10.4 Å². The molecular formula is C12H11N3O3. The number of nitrogens with two attached hydrogens (primary N) is 1. The van der Waals surface area contributed by atoms with Crippen LogP contribution in [0.25, 0.3) is 11.3 Å². The summed E-state index contributed by atoms with van der Waals surface area (Å²) in [7, 11) is 0. The summed E-state index contributed by atoms with van der Waals surface area (Å²) in [5.74, 6) is -1.02. The minimum absolute atomic E-state index is 0.289. The summed E-state index contributed by atoms with van der Waals surface area (Å²) in [5.41, 5.74) is 7.66. The van der Waals surface area contributed by atoms with Gasteiger partial charge in [-0.2, -0.15) is 5.10 Å². The van der Waals surface area contributed by atoms with Gasteiger partial charge in [-0.05, 0) is 12.1 Å². The van der Waals surface area contributed by atoms with Crippen LogP contribution in [-0.2, 0) is 11.3 Å². The molecule has 92 valence electrons. The number of carboxylic acid groups (broad SMARTS) is 1. The molecule has 0 saturated carbocycles. The van der Waals surface area contributed by atoms with Crippen LogP contribution in [0.4, 0.5) is 5.69 Å². The fourth-order valence-corrected chi connectivity index (χ4v) is 1.65. The van der Waals surface area contributed by atoms with E-state index in [2.05, 4.69) is 5.10 Å². The first-order valence-corrected chi connectivity index (χ1v) is 5.20. The average Bonchev–Trinajstić information content (AvgIpc) is 2.71. The summed E-state index contributed by atoms with van der Waals surface area (Å²) in [4.78, 5) is 21.6. The highest BCUT2D eigenvalue weighted by Gasteiger charge is 2.12. The first-order chi connectivity index (χ1) is 8.60. The summed E-state index contributed by atoms with van der Waals surface area (Å²) < 4.78 is 1.21. The molecule has 0 bridgehead atoms. The molecule has 2 rings (SSSR count). The third kappa shape index (κ3) is 2.37. The lowest BCUT2D eigenvalue weighted by molar-refractivity contribution is -0.137. The lowest BCUT2D eigenvalue weighted by atomic mass is 10.1. The molecule has 1 heterocycles. The van der Waals surface area contributed by atoms with E-state index < -0.39 is 5.97 Å². The number of hydrogen-bond donors (Lipinski definition) is 2. The average molecular weight is 245 g/mol. The van der Waals surface area contributed by atoms with Gasteiger partial charge in [0.05, 0.1) is 5.56 Å². The smallest absolute Gasteiger partial charge is 0.325 e. The number of carbonyl (C=O) groups is 2. The molecule has 0 saturated heterocycles. The molecule has 0 aliphatic heterocycles. The maximum atomic E-state index is 11.0. The molecule has 0 amide bonds. The molecule has 6 nitrogen and oxygen atoms in total. The largest absolute Gasteiger partial charge is 0.480 e. The molecule has 0 unspecified atom stereocenters. The Morgan fingerprint density at radius 1 is 1.50 bits per heavy atom. The molecule has 0 aliphatic carbocycles. The molecule has 6 heteroatoms. The van der Waals surface area contributed by atoms with E-state index in [1.54, 1.807) is 24.3 Å². The van der Waals surface area contributed by atoms with Crippen molar-refractivity contribution in [3.05, 3.63) is 36.0 Å². The Hall–Kier alpha value is -2.63. The van der Waals surface area contributed by atoms with Crippen LogP contribution < -0.4 is 5.73 Å². The molecule has 0 spiro atoms. The number of carboxylic acids is 1. The van der Waals surface area contributed by atoms with Crippen LogP contribution in [0.5, 0.6) is 0 Å². The highest BCUT2D eigenvalue weighted by atomic mass is 16.4. The summed E-state index contributed by atoms with van der Waals surface area (Å²) in [5, 5.41) is 12.8. The van der Waals surface area contributed by atoms with E-state index >= 15 is 0 Å². The van der Waals surface area contributed by atoms with Gasteiger partial charge in [0, 0.05) is 17.4 Å². The van der Waals surface area contributed by atoms with Crippen molar-refractivity contribution in [1.29, 1.82) is 0 Å². The highest BCUT2D eigenvalue weighted by molar-refractivity contribution is 5.86. The van der Waals surface area contributed by atoms with Gasteiger partial charge in [0.1, 0.15) is 12.2 Å². The van der Waals surface area contributed by atoms with Crippen LogP contribution in [0.3, 0.4) is 0 Å². The molecule has 1 aromatic heterocycles. The number of aromatic nitrogens is 2. The molecule has 18 heavy (non-hydrogen) atoms. The molecule has 2 aromatic rings. The first-order valence-electron chi connectivity index (χ1n) is 5.20. The summed E-state index contributed by atoms with van der Waals surface area (Å²) in [6.07, 6.45) is 2.05. The Labute approximate surface area is 103 Å². The van der Waals surface area contributed by atoms with E-state index in [1.807, 2.05) is 0 Å². The minimum atomic E-state index is -1.02. The maximum absolute atomic E-state index is 11.0. The summed E-state index contributed by atoms with van der Waals surface area (Å²) >= 11 is 0. The van der Waals surface area contributed by atoms with Gasteiger partial charge in [-0.3, -0.25) is 14.3 Å². The lowest BCUT2D eigenvalue weighted by Crippen LogP contribution is -2.08. The Morgan fingerprint density at radius 2 is 2.28 bits per heavy atom. The van der Waals surface area contributed by atoms with Gasteiger partial charge in [-0.1, -0.05) is 12.1 Å². The van der Waals surface area contributed by atoms with Crippen molar-refractivity contribution in [2.75, 3.05) is 5.73 Å². The van der Waals surface area contributed by atoms with Gasteiger partial charge in [0.25, 0.3) is 0 Å². The molecule has 3 N–H and O–H groups in total. The van der Waals surface area contributed by atoms with E-state index in [9.17, 15) is 9.59 Å². The van der Waals surface area contributed by atoms with E-state index in [0.29, 0.717) is 28.8 Å². The SMILES string of the molecule is Nc1cccc(-c2nn(CC(=O)O)cc2C=O)c1. The topological polar surface area (TPSA) is 98.2 Å². The standard InChI is InChI=1S/C12H11N3O3/c13-10-3-1-2-8(4-10)12-9(7-16)5-15(14-12)6-11(17)18/h1-5,7H,6,13H2,(H,17,18). The van der Waals surface area contributed by atoms with E-state index in [0.717, 1.165) is 0 Å². The molecule has 0 atom stereocenters. The second-order valence-electron chi connectivity index (χ2n) is 3.77. The monoisotopic (exact) mass is 245 g/mol. The van der Waals surface area contributed by atoms with Gasteiger partial charge in [-0.25, -0.2) is 0 Å². The van der Waals surface area contributed by atoms with Gasteiger partial charge < -0.3 is 10.8 Å². The zero-order valence-corrected chi connectivity index (χ0v) is 9.41. The number of carbonyl (C=O) groups excluding carboxylic acids is 1. The fraction of sp³-hybridized carbons (Fsp3) is 0.0833. The Morgan fingerprint density at radius 3 is 2.89 bits per heavy atom. The zero-order valence-electron chi connectivity index (χ0n) is 9.41. The Balaban J connectivity index is 2.46. The van der Waals surface area contributed by atoms with Crippen molar-refractivity contribution in [2.24, 2.45) is 0 Å². The lowest BCUT2D eigenvalue weighted by Gasteiger charge is -1.99. The van der Waals surface area contributed by atoms with Crippen LogP contribution in [0.15, 0.2) is 30.5 Å². The number of rotatable bonds is 4. The predicted molar refractivity (Wildman–Crippen MR) is 65.1 cm³/mol. The van der Waals surface area contributed by atoms with Crippen LogP contribution in [-0.4, -0.2) is 27.1 Å². The van der Waals surface area contributed by atoms with Crippen molar-refractivity contribution in [2.45, 2.75) is 6.54 Å². The maximum Gasteiger partial charge on any atom is 0.325 e. The van der Waals surface area contributed by atoms with Gasteiger partial charge in [0.15, 0.2) is 6.29 Å². The van der Waals surface area contributed by atoms with Crippen molar-refractivity contribution in [1.82, 2.24) is 9.78 Å². The number of nitrogens with zero attached hydrogens (tertiary/aromatic N) is 2. The molecular weight excluding hydrogens is 234 g/mol. The number of hydrogen-bond acceptors (Lipinski definition) is 4. The number of aliphatic carboxylic acids is 1. The van der Waals surface area contributed by atoms with Crippen molar-refractivity contribution < 1.29 is 14.7 Å². The first kappa shape index (κ1) is 11.8. The Bertz CT molecular complexity index is 604. The second kappa shape index (κ2) is 4.70. The number of aldehydes is 1. The van der Waals surface area contributed by atoms with E-state index in [4.69, 9.17) is 10.8 Å². The predicted octanol–water partition coefficient (Wildman–Crippen LogP) is 1.03. The number of benzene rings is 1. The molecule has 1 aromatic carbocycles. The van der Waals surface area contributed by atoms with Crippen LogP contribution >= 0.6 is 0 Å². The van der Waals surface area contributed by atoms with Crippen molar-refractivity contribution >= 4 is 17.9 Å². The van der Waals surface area contributed by atoms with Crippen molar-refractivity contribution in [3.63, 3.8) is 0 Å². The molecule has 0 radical (unpaired) electrons. The third-order valence-electron chi connectivity index (χ3n) is 2.37. The van der Waals surface area contributed by atoms with Gasteiger partial charge in [0.2, 0.25) is 0 Å². The third-order valence-corrected chi connectivity index (χ3v) is 2.37. The molecule has 0 fully saturated rings. The highest BCUT2D eigenvalue weighted by Crippen LogP contribution is 2.22. The van der Waals surface area contributed by atoms with Gasteiger partial charge >= 0.3 is 5.97 Å². The number of nitrogen functional groups attached to an aromatic ring is 1.